The van der Waals surface area contributed by atoms with Crippen molar-refractivity contribution in [2.45, 2.75) is 6.42 Å². The summed E-state index contributed by atoms with van der Waals surface area (Å²) in [7, 11) is 4.21. The Hall–Kier alpha value is 0.430. The standard InChI is InChI=1S/C6H10IN/c1-8(2)4-5-3-6(5)7/h3-4H2,1-2H3. The van der Waals surface area contributed by atoms with Crippen LogP contribution in [0.4, 0.5) is 0 Å². The van der Waals surface area contributed by atoms with E-state index >= 15 is 0 Å². The number of allylic oxidation sites excluding steroid dienone is 1. The largest absolute Gasteiger partial charge is 0.305 e. The van der Waals surface area contributed by atoms with E-state index in [1.807, 2.05) is 0 Å². The zero-order valence-corrected chi connectivity index (χ0v) is 7.40. The molecular weight excluding hydrogens is 213 g/mol. The second kappa shape index (κ2) is 2.35. The van der Waals surface area contributed by atoms with Crippen LogP contribution in [0.25, 0.3) is 0 Å². The van der Waals surface area contributed by atoms with E-state index in [9.17, 15) is 0 Å². The normalized spacial score (nSPS) is 18.0. The Balaban J connectivity index is 2.22. The van der Waals surface area contributed by atoms with Crippen molar-refractivity contribution in [3.63, 3.8) is 0 Å². The van der Waals surface area contributed by atoms with Crippen LogP contribution in [0, 0.1) is 0 Å². The van der Waals surface area contributed by atoms with Crippen molar-refractivity contribution >= 4 is 22.6 Å². The molecule has 0 unspecified atom stereocenters. The van der Waals surface area contributed by atoms with Crippen molar-refractivity contribution < 1.29 is 0 Å². The molecule has 0 bridgehead atoms. The van der Waals surface area contributed by atoms with Crippen molar-refractivity contribution in [3.05, 3.63) is 9.15 Å². The summed E-state index contributed by atoms with van der Waals surface area (Å²) < 4.78 is 1.57. The van der Waals surface area contributed by atoms with E-state index in [0.29, 0.717) is 0 Å². The van der Waals surface area contributed by atoms with Gasteiger partial charge in [-0.05, 0) is 45.8 Å². The fraction of sp³-hybridized carbons (Fsp3) is 0.667. The molecule has 0 fully saturated rings. The number of rotatable bonds is 2. The molecule has 1 nitrogen and oxygen atoms in total. The van der Waals surface area contributed by atoms with Gasteiger partial charge in [0, 0.05) is 13.0 Å². The van der Waals surface area contributed by atoms with Crippen molar-refractivity contribution in [3.8, 4) is 0 Å². The van der Waals surface area contributed by atoms with Crippen molar-refractivity contribution in [1.82, 2.24) is 4.90 Å². The maximum atomic E-state index is 2.40. The van der Waals surface area contributed by atoms with Crippen molar-refractivity contribution in [2.24, 2.45) is 0 Å². The van der Waals surface area contributed by atoms with Crippen LogP contribution in [0.5, 0.6) is 0 Å². The molecule has 1 aliphatic rings. The molecule has 0 atom stereocenters. The molecule has 0 radical (unpaired) electrons. The molecule has 0 saturated heterocycles. The first-order valence-electron chi connectivity index (χ1n) is 2.71. The summed E-state index contributed by atoms with van der Waals surface area (Å²) in [5, 5.41) is 0. The summed E-state index contributed by atoms with van der Waals surface area (Å²) in [5.74, 6) is 0. The number of likely N-dealkylation sites (N-methyl/N-ethyl adjacent to an activating group) is 1. The van der Waals surface area contributed by atoms with Gasteiger partial charge in [0.15, 0.2) is 0 Å². The van der Waals surface area contributed by atoms with Gasteiger partial charge in [-0.25, -0.2) is 0 Å². The summed E-state index contributed by atoms with van der Waals surface area (Å²) in [5.41, 5.74) is 1.62. The Morgan fingerprint density at radius 1 is 1.62 bits per heavy atom. The smallest absolute Gasteiger partial charge is 0.0200 e. The van der Waals surface area contributed by atoms with Crippen LogP contribution in [-0.2, 0) is 0 Å². The third kappa shape index (κ3) is 1.74. The molecule has 0 aromatic carbocycles. The first-order chi connectivity index (χ1) is 3.70. The van der Waals surface area contributed by atoms with E-state index in [-0.39, 0.29) is 0 Å². The second-order valence-electron chi connectivity index (χ2n) is 2.42. The third-order valence-electron chi connectivity index (χ3n) is 1.13. The van der Waals surface area contributed by atoms with Crippen LogP contribution in [-0.4, -0.2) is 25.5 Å². The van der Waals surface area contributed by atoms with Gasteiger partial charge < -0.3 is 4.90 Å². The molecule has 2 heteroatoms. The van der Waals surface area contributed by atoms with Gasteiger partial charge in [0.1, 0.15) is 0 Å². The summed E-state index contributed by atoms with van der Waals surface area (Å²) in [6.45, 7) is 1.16. The lowest BCUT2D eigenvalue weighted by Crippen LogP contribution is -2.11. The Labute approximate surface area is 63.9 Å². The zero-order chi connectivity index (χ0) is 6.15. The Bertz CT molecular complexity index is 126. The highest BCUT2D eigenvalue weighted by Gasteiger charge is 2.17. The molecule has 0 saturated carbocycles. The topological polar surface area (TPSA) is 3.24 Å². The Morgan fingerprint density at radius 3 is 2.25 bits per heavy atom. The molecule has 0 aliphatic heterocycles. The minimum Gasteiger partial charge on any atom is -0.305 e. The second-order valence-corrected chi connectivity index (χ2v) is 3.73. The minimum atomic E-state index is 1.16. The average molecular weight is 223 g/mol. The van der Waals surface area contributed by atoms with Crippen LogP contribution < -0.4 is 0 Å². The van der Waals surface area contributed by atoms with E-state index in [2.05, 4.69) is 41.6 Å². The van der Waals surface area contributed by atoms with Crippen LogP contribution in [0.3, 0.4) is 0 Å². The lowest BCUT2D eigenvalue weighted by atomic mass is 10.5. The number of nitrogens with zero attached hydrogens (tertiary/aromatic N) is 1. The highest BCUT2D eigenvalue weighted by Crippen LogP contribution is 2.36. The summed E-state index contributed by atoms with van der Waals surface area (Å²) in [6, 6.07) is 0. The van der Waals surface area contributed by atoms with Gasteiger partial charge in [0.05, 0.1) is 0 Å². The molecule has 0 N–H and O–H groups in total. The SMILES string of the molecule is CN(C)CC1=C(I)C1. The molecule has 1 rings (SSSR count). The van der Waals surface area contributed by atoms with Crippen LogP contribution in [0.2, 0.25) is 0 Å². The van der Waals surface area contributed by atoms with E-state index in [0.717, 1.165) is 6.54 Å². The van der Waals surface area contributed by atoms with Gasteiger partial charge in [-0.3, -0.25) is 0 Å². The lowest BCUT2D eigenvalue weighted by molar-refractivity contribution is 0.449. The fourth-order valence-corrected chi connectivity index (χ4v) is 1.30. The van der Waals surface area contributed by atoms with Gasteiger partial charge >= 0.3 is 0 Å². The Kier molecular flexibility index (Phi) is 1.92. The van der Waals surface area contributed by atoms with E-state index in [1.165, 1.54) is 6.42 Å². The predicted molar refractivity (Wildman–Crippen MR) is 44.2 cm³/mol. The van der Waals surface area contributed by atoms with Crippen LogP contribution in [0.15, 0.2) is 9.15 Å². The van der Waals surface area contributed by atoms with Gasteiger partial charge in [-0.2, -0.15) is 0 Å². The average Bonchev–Trinajstić information content (AvgIpc) is 2.17. The molecular formula is C6H10IN. The van der Waals surface area contributed by atoms with Gasteiger partial charge in [-0.15, -0.1) is 0 Å². The quantitative estimate of drug-likeness (QED) is 0.643. The monoisotopic (exact) mass is 223 g/mol. The van der Waals surface area contributed by atoms with Crippen molar-refractivity contribution in [1.29, 1.82) is 0 Å². The lowest BCUT2D eigenvalue weighted by Gasteiger charge is -2.03. The fourth-order valence-electron chi connectivity index (χ4n) is 0.667. The molecule has 1 aliphatic carbocycles. The third-order valence-corrected chi connectivity index (χ3v) is 2.28. The van der Waals surface area contributed by atoms with Gasteiger partial charge in [0.25, 0.3) is 0 Å². The first kappa shape index (κ1) is 6.55. The van der Waals surface area contributed by atoms with Crippen LogP contribution in [0.1, 0.15) is 6.42 Å². The maximum Gasteiger partial charge on any atom is 0.0200 e. The zero-order valence-electron chi connectivity index (χ0n) is 5.24. The molecule has 46 valence electrons. The predicted octanol–water partition coefficient (Wildman–Crippen LogP) is 1.64. The van der Waals surface area contributed by atoms with E-state index in [4.69, 9.17) is 0 Å². The first-order valence-corrected chi connectivity index (χ1v) is 3.79. The van der Waals surface area contributed by atoms with Crippen LogP contribution >= 0.6 is 22.6 Å². The summed E-state index contributed by atoms with van der Waals surface area (Å²) in [6.07, 6.45) is 1.28. The number of hydrogen-bond donors (Lipinski definition) is 0. The number of hydrogen-bond acceptors (Lipinski definition) is 1. The molecule has 0 spiro atoms. The molecule has 0 amide bonds. The molecule has 0 aromatic rings. The van der Waals surface area contributed by atoms with Gasteiger partial charge in [0.2, 0.25) is 0 Å². The minimum absolute atomic E-state index is 1.16. The van der Waals surface area contributed by atoms with Gasteiger partial charge in [-0.1, -0.05) is 0 Å². The highest BCUT2D eigenvalue weighted by molar-refractivity contribution is 14.1. The molecule has 8 heavy (non-hydrogen) atoms. The summed E-state index contributed by atoms with van der Waals surface area (Å²) >= 11 is 2.40. The summed E-state index contributed by atoms with van der Waals surface area (Å²) in [4.78, 5) is 2.21. The van der Waals surface area contributed by atoms with E-state index in [1.54, 1.807) is 9.15 Å². The molecule has 0 heterocycles. The van der Waals surface area contributed by atoms with E-state index < -0.39 is 0 Å². The Morgan fingerprint density at radius 2 is 2.12 bits per heavy atom. The highest BCUT2D eigenvalue weighted by atomic mass is 127. The molecule has 0 aromatic heterocycles. The maximum absolute atomic E-state index is 2.40. The van der Waals surface area contributed by atoms with Crippen molar-refractivity contribution in [2.75, 3.05) is 20.6 Å². The number of halogens is 1.